The summed E-state index contributed by atoms with van der Waals surface area (Å²) >= 11 is 1.46. The molecule has 0 aromatic rings. The van der Waals surface area contributed by atoms with E-state index in [1.54, 1.807) is 0 Å². The van der Waals surface area contributed by atoms with Crippen LogP contribution in [0.15, 0.2) is 23.7 Å². The van der Waals surface area contributed by atoms with Crippen molar-refractivity contribution in [3.8, 4) is 0 Å². The average Bonchev–Trinajstić information content (AvgIpc) is 2.05. The van der Waals surface area contributed by atoms with Gasteiger partial charge in [-0.25, -0.2) is 0 Å². The monoisotopic (exact) mass is 156 g/mol. The van der Waals surface area contributed by atoms with E-state index in [0.29, 0.717) is 0 Å². The summed E-state index contributed by atoms with van der Waals surface area (Å²) in [6.07, 6.45) is 5.01. The highest BCUT2D eigenvalue weighted by atomic mass is 32.2. The lowest BCUT2D eigenvalue weighted by Gasteiger charge is -2.22. The number of fused-ring (bicyclic) bond motifs is 1. The fourth-order valence-corrected chi connectivity index (χ4v) is 1.45. The molecule has 0 fully saturated rings. The second-order valence-corrected chi connectivity index (χ2v) is 2.73. The molecule has 0 aliphatic carbocycles. The Bertz CT molecular complexity index is 178. The lowest BCUT2D eigenvalue weighted by atomic mass is 10.2. The third kappa shape index (κ3) is 0.945. The van der Waals surface area contributed by atoms with Gasteiger partial charge < -0.3 is 14.2 Å². The minimum Gasteiger partial charge on any atom is -0.490 e. The van der Waals surface area contributed by atoms with Crippen LogP contribution in [0.3, 0.4) is 0 Å². The maximum atomic E-state index is 5.34. The molecule has 2 rings (SSSR count). The molecule has 10 heavy (non-hydrogen) atoms. The number of ether oxygens (including phenoxy) is 1. The summed E-state index contributed by atoms with van der Waals surface area (Å²) < 4.78 is 11.4. The van der Waals surface area contributed by atoms with Crippen molar-refractivity contribution < 1.29 is 4.74 Å². The van der Waals surface area contributed by atoms with Crippen molar-refractivity contribution in [2.24, 2.45) is 0 Å². The van der Waals surface area contributed by atoms with Crippen LogP contribution in [0.25, 0.3) is 0 Å². The molecule has 0 saturated heterocycles. The smallest absolute Gasteiger partial charge is 0.159 e. The first-order chi connectivity index (χ1) is 4.97. The van der Waals surface area contributed by atoms with Gasteiger partial charge in [-0.1, -0.05) is 6.08 Å². The molecule has 0 saturated carbocycles. The predicted molar refractivity (Wildman–Crippen MR) is 40.6 cm³/mol. The first kappa shape index (κ1) is 5.97. The summed E-state index contributed by atoms with van der Waals surface area (Å²) in [5.74, 6) is 0.921. The second-order valence-electron chi connectivity index (χ2n) is 2.09. The zero-order valence-corrected chi connectivity index (χ0v) is 6.20. The Hall–Kier alpha value is -0.770. The molecule has 0 unspecified atom stereocenters. The van der Waals surface area contributed by atoms with Crippen molar-refractivity contribution in [2.75, 3.05) is 6.61 Å². The molecule has 54 valence electrons. The van der Waals surface area contributed by atoms with Gasteiger partial charge in [-0.2, -0.15) is 0 Å². The molecule has 2 N–H and O–H groups in total. The molecule has 0 spiro atoms. The van der Waals surface area contributed by atoms with Gasteiger partial charge in [0.15, 0.2) is 5.76 Å². The van der Waals surface area contributed by atoms with E-state index >= 15 is 0 Å². The van der Waals surface area contributed by atoms with Crippen LogP contribution < -0.4 is 9.44 Å². The molecule has 2 aliphatic rings. The second kappa shape index (κ2) is 2.46. The van der Waals surface area contributed by atoms with Crippen LogP contribution in [0.1, 0.15) is 6.42 Å². The van der Waals surface area contributed by atoms with Gasteiger partial charge in [-0.3, -0.25) is 0 Å². The zero-order valence-electron chi connectivity index (χ0n) is 5.39. The lowest BCUT2D eigenvalue weighted by Crippen LogP contribution is -2.22. The summed E-state index contributed by atoms with van der Waals surface area (Å²) in [6, 6.07) is 0. The van der Waals surface area contributed by atoms with E-state index in [4.69, 9.17) is 4.74 Å². The van der Waals surface area contributed by atoms with Crippen molar-refractivity contribution in [2.45, 2.75) is 6.42 Å². The summed E-state index contributed by atoms with van der Waals surface area (Å²) in [4.78, 5) is 0. The predicted octanol–water partition coefficient (Wildman–Crippen LogP) is 0.888. The molecular formula is C6H8N2OS. The largest absolute Gasteiger partial charge is 0.490 e. The number of hydrogen-bond acceptors (Lipinski definition) is 4. The molecular weight excluding hydrogens is 148 g/mol. The highest BCUT2D eigenvalue weighted by Crippen LogP contribution is 2.19. The van der Waals surface area contributed by atoms with E-state index < -0.39 is 0 Å². The number of rotatable bonds is 0. The first-order valence-electron chi connectivity index (χ1n) is 3.18. The van der Waals surface area contributed by atoms with E-state index in [2.05, 4.69) is 15.5 Å². The molecule has 0 bridgehead atoms. The Balaban J connectivity index is 2.25. The van der Waals surface area contributed by atoms with E-state index in [1.165, 1.54) is 12.1 Å². The quantitative estimate of drug-likeness (QED) is 0.510. The van der Waals surface area contributed by atoms with Crippen LogP contribution in [0, 0.1) is 0 Å². The van der Waals surface area contributed by atoms with E-state index in [-0.39, 0.29) is 0 Å². The van der Waals surface area contributed by atoms with E-state index in [1.807, 2.05) is 6.20 Å². The maximum Gasteiger partial charge on any atom is 0.159 e. The van der Waals surface area contributed by atoms with Gasteiger partial charge in [0.05, 0.1) is 30.6 Å². The lowest BCUT2D eigenvalue weighted by molar-refractivity contribution is 0.212. The Morgan fingerprint density at radius 1 is 1.60 bits per heavy atom. The van der Waals surface area contributed by atoms with Crippen molar-refractivity contribution in [1.82, 2.24) is 9.44 Å². The summed E-state index contributed by atoms with van der Waals surface area (Å²) in [5.41, 5.74) is 1.09. The van der Waals surface area contributed by atoms with Crippen LogP contribution in [-0.2, 0) is 4.74 Å². The maximum absolute atomic E-state index is 5.34. The number of nitrogens with one attached hydrogen (secondary N) is 2. The van der Waals surface area contributed by atoms with Crippen LogP contribution in [-0.4, -0.2) is 6.61 Å². The van der Waals surface area contributed by atoms with E-state index in [0.717, 1.165) is 24.5 Å². The zero-order chi connectivity index (χ0) is 6.81. The molecule has 0 amide bonds. The van der Waals surface area contributed by atoms with Crippen LogP contribution in [0.4, 0.5) is 0 Å². The SMILES string of the molecule is C1=C2NSNC=C2OCC1. The van der Waals surface area contributed by atoms with Crippen molar-refractivity contribution in [3.05, 3.63) is 23.7 Å². The van der Waals surface area contributed by atoms with Crippen LogP contribution in [0.5, 0.6) is 0 Å². The summed E-state index contributed by atoms with van der Waals surface area (Å²) in [7, 11) is 0. The molecule has 0 aromatic heterocycles. The highest BCUT2D eigenvalue weighted by molar-refractivity contribution is 7.95. The standard InChI is InChI=1S/C6H8N2OS/c1-2-5-6(9-3-1)4-7-10-8-5/h2,4,7-8H,1,3H2. The Morgan fingerprint density at radius 2 is 2.60 bits per heavy atom. The average molecular weight is 156 g/mol. The van der Waals surface area contributed by atoms with Gasteiger partial charge in [0.1, 0.15) is 0 Å². The molecule has 3 nitrogen and oxygen atoms in total. The molecule has 0 atom stereocenters. The minimum atomic E-state index is 0.795. The van der Waals surface area contributed by atoms with Crippen LogP contribution >= 0.6 is 12.1 Å². The van der Waals surface area contributed by atoms with Gasteiger partial charge in [0.2, 0.25) is 0 Å². The van der Waals surface area contributed by atoms with Gasteiger partial charge in [0.25, 0.3) is 0 Å². The first-order valence-corrected chi connectivity index (χ1v) is 3.99. The van der Waals surface area contributed by atoms with Crippen molar-refractivity contribution >= 4 is 12.1 Å². The molecule has 0 aromatic carbocycles. The summed E-state index contributed by atoms with van der Waals surface area (Å²) in [5, 5.41) is 0. The van der Waals surface area contributed by atoms with Gasteiger partial charge in [0, 0.05) is 6.42 Å². The van der Waals surface area contributed by atoms with Gasteiger partial charge in [-0.15, -0.1) is 0 Å². The van der Waals surface area contributed by atoms with Gasteiger partial charge in [-0.05, 0) is 0 Å². The Kier molecular flexibility index (Phi) is 1.47. The highest BCUT2D eigenvalue weighted by Gasteiger charge is 2.13. The normalized spacial score (nSPS) is 22.4. The minimum absolute atomic E-state index is 0.795. The molecule has 2 heterocycles. The molecule has 4 heteroatoms. The van der Waals surface area contributed by atoms with Crippen molar-refractivity contribution in [3.63, 3.8) is 0 Å². The molecule has 0 radical (unpaired) electrons. The van der Waals surface area contributed by atoms with Crippen molar-refractivity contribution in [1.29, 1.82) is 0 Å². The summed E-state index contributed by atoms with van der Waals surface area (Å²) in [6.45, 7) is 0.795. The third-order valence-electron chi connectivity index (χ3n) is 1.40. The molecule has 2 aliphatic heterocycles. The Labute approximate surface area is 63.8 Å². The fourth-order valence-electron chi connectivity index (χ4n) is 0.929. The fraction of sp³-hybridized carbons (Fsp3) is 0.333. The van der Waals surface area contributed by atoms with Gasteiger partial charge >= 0.3 is 0 Å². The Morgan fingerprint density at radius 3 is 3.50 bits per heavy atom. The van der Waals surface area contributed by atoms with Crippen LogP contribution in [0.2, 0.25) is 0 Å². The van der Waals surface area contributed by atoms with E-state index in [9.17, 15) is 0 Å². The number of hydrogen-bond donors (Lipinski definition) is 2. The third-order valence-corrected chi connectivity index (χ3v) is 1.96. The topological polar surface area (TPSA) is 33.3 Å².